The fraction of sp³-hybridized carbons (Fsp3) is 0.938. The highest BCUT2D eigenvalue weighted by atomic mass is 16.1. The second-order valence-corrected chi connectivity index (χ2v) is 6.54. The number of nitrogens with zero attached hydrogens (tertiary/aromatic N) is 1. The third-order valence-electron chi connectivity index (χ3n) is 5.82. The molecule has 2 atom stereocenters. The van der Waals surface area contributed by atoms with Gasteiger partial charge in [-0.15, -0.1) is 0 Å². The van der Waals surface area contributed by atoms with Gasteiger partial charge in [0.1, 0.15) is 5.78 Å². The van der Waals surface area contributed by atoms with E-state index in [-0.39, 0.29) is 10.8 Å². The molecule has 106 valence electrons. The Hall–Kier alpha value is -0.370. The molecule has 2 heteroatoms. The standard InChI is InChI=1S/C10H16O.C6H15N/c1-9(2)7-4-5-10(9,3)8(11)6-7;1-4-7(5-2)6-3/h7H,4-6H2,1-3H3;4-6H2,1-3H3. The van der Waals surface area contributed by atoms with Gasteiger partial charge in [0.2, 0.25) is 0 Å². The fourth-order valence-electron chi connectivity index (χ4n) is 3.57. The average molecular weight is 253 g/mol. The summed E-state index contributed by atoms with van der Waals surface area (Å²) in [6.45, 7) is 16.8. The van der Waals surface area contributed by atoms with E-state index in [9.17, 15) is 4.79 Å². The van der Waals surface area contributed by atoms with Crippen molar-refractivity contribution in [3.8, 4) is 0 Å². The van der Waals surface area contributed by atoms with Gasteiger partial charge >= 0.3 is 0 Å². The molecule has 0 spiro atoms. The molecule has 0 heterocycles. The Morgan fingerprint density at radius 2 is 1.61 bits per heavy atom. The zero-order valence-electron chi connectivity index (χ0n) is 13.2. The Balaban J connectivity index is 0.000000203. The lowest BCUT2D eigenvalue weighted by atomic mass is 9.70. The molecule has 2 fully saturated rings. The quantitative estimate of drug-likeness (QED) is 0.763. The Kier molecular flexibility index (Phi) is 4.99. The van der Waals surface area contributed by atoms with Crippen LogP contribution in [0.1, 0.15) is 60.8 Å². The predicted octanol–water partition coefficient (Wildman–Crippen LogP) is 3.75. The molecule has 0 aromatic carbocycles. The normalized spacial score (nSPS) is 32.6. The van der Waals surface area contributed by atoms with Crippen LogP contribution in [0, 0.1) is 16.7 Å². The van der Waals surface area contributed by atoms with Crippen molar-refractivity contribution >= 4 is 5.78 Å². The maximum atomic E-state index is 11.6. The van der Waals surface area contributed by atoms with E-state index in [0.717, 1.165) is 12.8 Å². The number of hydrogen-bond acceptors (Lipinski definition) is 2. The van der Waals surface area contributed by atoms with Gasteiger partial charge in [0.25, 0.3) is 0 Å². The molecule has 2 aliphatic rings. The lowest BCUT2D eigenvalue weighted by Gasteiger charge is -2.32. The smallest absolute Gasteiger partial charge is 0.139 e. The maximum Gasteiger partial charge on any atom is 0.139 e. The van der Waals surface area contributed by atoms with Crippen molar-refractivity contribution in [1.82, 2.24) is 4.90 Å². The number of fused-ring (bicyclic) bond motifs is 2. The van der Waals surface area contributed by atoms with Gasteiger partial charge in [-0.3, -0.25) is 4.79 Å². The Bertz CT molecular complexity index is 288. The minimum Gasteiger partial charge on any atom is -0.304 e. The van der Waals surface area contributed by atoms with Gasteiger partial charge in [-0.2, -0.15) is 0 Å². The van der Waals surface area contributed by atoms with Crippen molar-refractivity contribution in [2.75, 3.05) is 19.6 Å². The summed E-state index contributed by atoms with van der Waals surface area (Å²) >= 11 is 0. The monoisotopic (exact) mass is 253 g/mol. The van der Waals surface area contributed by atoms with Crippen molar-refractivity contribution in [3.63, 3.8) is 0 Å². The lowest BCUT2D eigenvalue weighted by molar-refractivity contribution is -0.128. The molecule has 0 aliphatic heterocycles. The zero-order valence-corrected chi connectivity index (χ0v) is 13.2. The molecule has 2 nitrogen and oxygen atoms in total. The van der Waals surface area contributed by atoms with E-state index in [4.69, 9.17) is 0 Å². The van der Waals surface area contributed by atoms with Gasteiger partial charge in [-0.05, 0) is 43.8 Å². The summed E-state index contributed by atoms with van der Waals surface area (Å²) in [5, 5.41) is 0. The number of rotatable bonds is 3. The van der Waals surface area contributed by atoms with Gasteiger partial charge in [0.05, 0.1) is 0 Å². The minimum absolute atomic E-state index is 0.0255. The van der Waals surface area contributed by atoms with E-state index < -0.39 is 0 Å². The topological polar surface area (TPSA) is 20.3 Å². The van der Waals surface area contributed by atoms with Crippen LogP contribution in [0.4, 0.5) is 0 Å². The minimum atomic E-state index is 0.0255. The van der Waals surface area contributed by atoms with Gasteiger partial charge in [-0.1, -0.05) is 41.5 Å². The van der Waals surface area contributed by atoms with Crippen LogP contribution >= 0.6 is 0 Å². The van der Waals surface area contributed by atoms with Crippen LogP contribution in [-0.4, -0.2) is 30.3 Å². The highest BCUT2D eigenvalue weighted by molar-refractivity contribution is 5.89. The van der Waals surface area contributed by atoms with E-state index in [1.54, 1.807) is 0 Å². The SMILES string of the molecule is CC12CCC(CC1=O)C2(C)C.CCN(CC)CC. The molecule has 0 N–H and O–H groups in total. The molecular formula is C16H31NO. The second kappa shape index (κ2) is 5.73. The molecule has 0 aromatic rings. The maximum absolute atomic E-state index is 11.6. The molecule has 0 amide bonds. The van der Waals surface area contributed by atoms with E-state index >= 15 is 0 Å². The van der Waals surface area contributed by atoms with Crippen LogP contribution in [0.5, 0.6) is 0 Å². The molecular weight excluding hydrogens is 222 g/mol. The number of ketones is 1. The van der Waals surface area contributed by atoms with Crippen LogP contribution in [0.2, 0.25) is 0 Å². The van der Waals surface area contributed by atoms with Crippen LogP contribution in [-0.2, 0) is 4.79 Å². The number of carbonyl (C=O) groups excluding carboxylic acids is 1. The van der Waals surface area contributed by atoms with Crippen molar-refractivity contribution in [1.29, 1.82) is 0 Å². The second-order valence-electron chi connectivity index (χ2n) is 6.54. The Morgan fingerprint density at radius 1 is 1.11 bits per heavy atom. The summed E-state index contributed by atoms with van der Waals surface area (Å²) in [6.07, 6.45) is 3.25. The fourth-order valence-corrected chi connectivity index (χ4v) is 3.57. The largest absolute Gasteiger partial charge is 0.304 e. The highest BCUT2D eigenvalue weighted by Crippen LogP contribution is 2.63. The number of Topliss-reactive ketones (excluding diaryl/α,β-unsaturated/α-hetero) is 1. The van der Waals surface area contributed by atoms with E-state index in [1.807, 2.05) is 0 Å². The number of hydrogen-bond donors (Lipinski definition) is 0. The van der Waals surface area contributed by atoms with Crippen LogP contribution < -0.4 is 0 Å². The lowest BCUT2D eigenvalue weighted by Crippen LogP contribution is -2.32. The first-order valence-corrected chi connectivity index (χ1v) is 7.59. The van der Waals surface area contributed by atoms with E-state index in [1.165, 1.54) is 26.1 Å². The molecule has 2 bridgehead atoms. The van der Waals surface area contributed by atoms with Gasteiger partial charge < -0.3 is 4.90 Å². The van der Waals surface area contributed by atoms with Gasteiger partial charge in [0.15, 0.2) is 0 Å². The summed E-state index contributed by atoms with van der Waals surface area (Å²) in [7, 11) is 0. The molecule has 18 heavy (non-hydrogen) atoms. The summed E-state index contributed by atoms with van der Waals surface area (Å²) < 4.78 is 0. The van der Waals surface area contributed by atoms with Gasteiger partial charge in [-0.25, -0.2) is 0 Å². The van der Waals surface area contributed by atoms with Crippen LogP contribution in [0.3, 0.4) is 0 Å². The molecule has 2 saturated carbocycles. The molecule has 0 radical (unpaired) electrons. The molecule has 2 rings (SSSR count). The first-order valence-electron chi connectivity index (χ1n) is 7.59. The van der Waals surface area contributed by atoms with Crippen LogP contribution in [0.25, 0.3) is 0 Å². The van der Waals surface area contributed by atoms with Crippen molar-refractivity contribution in [2.45, 2.75) is 60.8 Å². The summed E-state index contributed by atoms with van der Waals surface area (Å²) in [4.78, 5) is 13.9. The summed E-state index contributed by atoms with van der Waals surface area (Å²) in [5.74, 6) is 1.19. The number of carbonyl (C=O) groups is 1. The Labute approximate surface area is 113 Å². The average Bonchev–Trinajstić information content (AvgIpc) is 2.65. The van der Waals surface area contributed by atoms with Crippen LogP contribution in [0.15, 0.2) is 0 Å². The molecule has 0 saturated heterocycles. The molecule has 2 aliphatic carbocycles. The predicted molar refractivity (Wildman–Crippen MR) is 77.7 cm³/mol. The first kappa shape index (κ1) is 15.7. The zero-order chi connectivity index (χ0) is 14.0. The summed E-state index contributed by atoms with van der Waals surface area (Å²) in [6, 6.07) is 0. The van der Waals surface area contributed by atoms with Gasteiger partial charge in [0, 0.05) is 11.8 Å². The van der Waals surface area contributed by atoms with E-state index in [0.29, 0.717) is 11.7 Å². The first-order chi connectivity index (χ1) is 8.33. The van der Waals surface area contributed by atoms with Crippen molar-refractivity contribution < 1.29 is 4.79 Å². The van der Waals surface area contributed by atoms with Crippen molar-refractivity contribution in [3.05, 3.63) is 0 Å². The summed E-state index contributed by atoms with van der Waals surface area (Å²) in [5.41, 5.74) is 0.307. The third-order valence-corrected chi connectivity index (χ3v) is 5.82. The molecule has 0 aromatic heterocycles. The molecule has 2 unspecified atom stereocenters. The third kappa shape index (κ3) is 2.49. The van der Waals surface area contributed by atoms with Crippen molar-refractivity contribution in [2.24, 2.45) is 16.7 Å². The Morgan fingerprint density at radius 3 is 1.72 bits per heavy atom. The van der Waals surface area contributed by atoms with E-state index in [2.05, 4.69) is 46.4 Å². The highest BCUT2D eigenvalue weighted by Gasteiger charge is 2.61.